The van der Waals surface area contributed by atoms with E-state index in [1.54, 1.807) is 0 Å². The molecule has 5 nitrogen and oxygen atoms in total. The van der Waals surface area contributed by atoms with Gasteiger partial charge in [-0.3, -0.25) is 9.59 Å². The SMILES string of the molecule is CC/C=C\C/C=C\C/C=C\C/C=C\C/C=C\C/C=C\C/C=C\C/C=C\C/C=C\C/C=C\C/C=C\CCCCCCCC(=O)OC(CO)COC(=O)CCCCCCC/C=C\C/C=C\CCCCCC. The average Bonchev–Trinajstić information content (AvgIpc) is 3.35. The molecule has 0 aliphatic heterocycles. The molecule has 1 atom stereocenters. The predicted octanol–water partition coefficient (Wildman–Crippen LogP) is 18.8. The molecule has 0 aromatic carbocycles. The molecule has 0 aliphatic carbocycles. The predicted molar refractivity (Wildman–Crippen MR) is 301 cm³/mol. The van der Waals surface area contributed by atoms with E-state index in [0.717, 1.165) is 148 Å². The highest BCUT2D eigenvalue weighted by atomic mass is 16.6. The first-order chi connectivity index (χ1) is 34.1. The molecule has 5 heteroatoms. The van der Waals surface area contributed by atoms with Crippen LogP contribution in [0.4, 0.5) is 0 Å². The van der Waals surface area contributed by atoms with E-state index in [4.69, 9.17) is 9.47 Å². The monoisotopic (exact) mass is 949 g/mol. The third-order valence-corrected chi connectivity index (χ3v) is 11.1. The second-order valence-electron chi connectivity index (χ2n) is 17.6. The highest BCUT2D eigenvalue weighted by Crippen LogP contribution is 2.12. The molecule has 0 saturated heterocycles. The van der Waals surface area contributed by atoms with Gasteiger partial charge in [-0.15, -0.1) is 0 Å². The van der Waals surface area contributed by atoms with Crippen LogP contribution in [0.3, 0.4) is 0 Å². The summed E-state index contributed by atoms with van der Waals surface area (Å²) in [5.41, 5.74) is 0. The van der Waals surface area contributed by atoms with Crippen molar-refractivity contribution >= 4 is 11.9 Å². The normalized spacial score (nSPS) is 13.5. The van der Waals surface area contributed by atoms with E-state index in [9.17, 15) is 14.7 Å². The molecule has 0 aromatic rings. The molecule has 0 amide bonds. The van der Waals surface area contributed by atoms with E-state index in [1.165, 1.54) is 38.5 Å². The van der Waals surface area contributed by atoms with Crippen LogP contribution in [0.25, 0.3) is 0 Å². The molecule has 386 valence electrons. The van der Waals surface area contributed by atoms with Crippen LogP contribution in [-0.4, -0.2) is 36.4 Å². The van der Waals surface area contributed by atoms with Gasteiger partial charge in [-0.25, -0.2) is 0 Å². The Balaban J connectivity index is 3.68. The summed E-state index contributed by atoms with van der Waals surface area (Å²) in [6.45, 7) is 3.96. The van der Waals surface area contributed by atoms with Gasteiger partial charge in [0.15, 0.2) is 6.10 Å². The van der Waals surface area contributed by atoms with Crippen LogP contribution in [0.2, 0.25) is 0 Å². The number of rotatable bonds is 48. The fourth-order valence-electron chi connectivity index (χ4n) is 6.94. The molecule has 0 saturated carbocycles. The summed E-state index contributed by atoms with van der Waals surface area (Å²) in [5, 5.41) is 9.62. The van der Waals surface area contributed by atoms with Crippen LogP contribution in [-0.2, 0) is 19.1 Å². The van der Waals surface area contributed by atoms with Crippen molar-refractivity contribution in [2.75, 3.05) is 13.2 Å². The Morgan fingerprint density at radius 3 is 0.942 bits per heavy atom. The van der Waals surface area contributed by atoms with Crippen LogP contribution < -0.4 is 0 Å². The standard InChI is InChI=1S/C64H100O5/c1-3-5-7-9-11-13-15-17-19-21-22-23-24-25-26-27-28-29-30-31-32-33-34-35-36-37-38-39-40-41-42-43-45-47-49-51-53-55-57-59-64(67)69-62(60-65)61-68-63(66)58-56-54-52-50-48-46-44-20-18-16-14-12-10-8-6-4-2/h5,7,11,13-14,16-17,19-20,22-23,25-26,28-29,31-32,34-35,37-38,40-41,43-45,62,65H,3-4,6,8-10,12,15,18,21,24,27,30,33,36,39,42,46-61H2,1-2H3/b7-5-,13-11-,16-14-,19-17-,23-22-,26-25-,29-28-,32-31-,35-34-,38-37-,41-40-,44-20-,45-43-. The topological polar surface area (TPSA) is 72.8 Å². The molecular weight excluding hydrogens is 849 g/mol. The van der Waals surface area contributed by atoms with Gasteiger partial charge >= 0.3 is 11.9 Å². The molecule has 0 aromatic heterocycles. The molecule has 0 fully saturated rings. The van der Waals surface area contributed by atoms with E-state index in [1.807, 2.05) is 0 Å². The lowest BCUT2D eigenvalue weighted by Gasteiger charge is -2.15. The minimum Gasteiger partial charge on any atom is -0.462 e. The van der Waals surface area contributed by atoms with Crippen molar-refractivity contribution in [3.8, 4) is 0 Å². The van der Waals surface area contributed by atoms with Crippen molar-refractivity contribution in [2.45, 2.75) is 219 Å². The van der Waals surface area contributed by atoms with E-state index < -0.39 is 6.10 Å². The molecule has 0 spiro atoms. The number of aliphatic hydroxyl groups excluding tert-OH is 1. The molecule has 0 radical (unpaired) electrons. The quantitative estimate of drug-likeness (QED) is 0.0374. The average molecular weight is 949 g/mol. The second-order valence-corrected chi connectivity index (χ2v) is 17.6. The van der Waals surface area contributed by atoms with Crippen LogP contribution in [0, 0.1) is 0 Å². The van der Waals surface area contributed by atoms with Crippen molar-refractivity contribution in [1.29, 1.82) is 0 Å². The zero-order valence-corrected chi connectivity index (χ0v) is 44.0. The minimum absolute atomic E-state index is 0.0909. The van der Waals surface area contributed by atoms with Gasteiger partial charge in [0, 0.05) is 12.8 Å². The fourth-order valence-corrected chi connectivity index (χ4v) is 6.94. The summed E-state index contributed by atoms with van der Waals surface area (Å²) in [7, 11) is 0. The van der Waals surface area contributed by atoms with Gasteiger partial charge in [0.05, 0.1) is 6.61 Å². The summed E-state index contributed by atoms with van der Waals surface area (Å²) in [6.07, 6.45) is 89.1. The van der Waals surface area contributed by atoms with E-state index in [2.05, 4.69) is 172 Å². The number of carbonyl (C=O) groups excluding carboxylic acids is 2. The first-order valence-electron chi connectivity index (χ1n) is 27.5. The Morgan fingerprint density at radius 2 is 0.623 bits per heavy atom. The summed E-state index contributed by atoms with van der Waals surface area (Å²) in [4.78, 5) is 24.4. The number of aliphatic hydroxyl groups is 1. The maximum atomic E-state index is 12.3. The van der Waals surface area contributed by atoms with Crippen LogP contribution in [0.15, 0.2) is 158 Å². The molecule has 69 heavy (non-hydrogen) atoms. The van der Waals surface area contributed by atoms with E-state index in [0.29, 0.717) is 12.8 Å². The summed E-state index contributed by atoms with van der Waals surface area (Å²) < 4.78 is 10.6. The Morgan fingerprint density at radius 1 is 0.348 bits per heavy atom. The number of ether oxygens (including phenoxy) is 2. The summed E-state index contributed by atoms with van der Waals surface area (Å²) in [5.74, 6) is -0.641. The van der Waals surface area contributed by atoms with E-state index in [-0.39, 0.29) is 25.2 Å². The molecule has 0 heterocycles. The zero-order valence-electron chi connectivity index (χ0n) is 44.0. The Bertz CT molecular complexity index is 1540. The van der Waals surface area contributed by atoms with Gasteiger partial charge in [-0.2, -0.15) is 0 Å². The van der Waals surface area contributed by atoms with Crippen molar-refractivity contribution < 1.29 is 24.2 Å². The molecule has 0 aliphatic rings. The minimum atomic E-state index is -0.800. The number of carbonyl (C=O) groups is 2. The maximum absolute atomic E-state index is 12.3. The summed E-state index contributed by atoms with van der Waals surface area (Å²) >= 11 is 0. The highest BCUT2D eigenvalue weighted by molar-refractivity contribution is 5.70. The lowest BCUT2D eigenvalue weighted by molar-refractivity contribution is -0.161. The van der Waals surface area contributed by atoms with Gasteiger partial charge in [-0.05, 0) is 128 Å². The largest absolute Gasteiger partial charge is 0.462 e. The third kappa shape index (κ3) is 56.0. The molecule has 1 unspecified atom stereocenters. The number of hydrogen-bond acceptors (Lipinski definition) is 5. The number of hydrogen-bond donors (Lipinski definition) is 1. The van der Waals surface area contributed by atoms with Crippen molar-refractivity contribution in [3.05, 3.63) is 158 Å². The molecule has 0 rings (SSSR count). The molecule has 1 N–H and O–H groups in total. The number of allylic oxidation sites excluding steroid dienone is 26. The second kappa shape index (κ2) is 57.8. The van der Waals surface area contributed by atoms with Gasteiger partial charge in [-0.1, -0.05) is 230 Å². The lowest BCUT2D eigenvalue weighted by Crippen LogP contribution is -2.28. The third-order valence-electron chi connectivity index (χ3n) is 11.1. The van der Waals surface area contributed by atoms with Crippen molar-refractivity contribution in [3.63, 3.8) is 0 Å². The number of unbranched alkanes of at least 4 members (excludes halogenated alkanes) is 14. The van der Waals surface area contributed by atoms with Gasteiger partial charge < -0.3 is 14.6 Å². The highest BCUT2D eigenvalue weighted by Gasteiger charge is 2.16. The van der Waals surface area contributed by atoms with E-state index >= 15 is 0 Å². The van der Waals surface area contributed by atoms with Crippen molar-refractivity contribution in [1.82, 2.24) is 0 Å². The van der Waals surface area contributed by atoms with Crippen LogP contribution in [0.5, 0.6) is 0 Å². The number of esters is 2. The first-order valence-corrected chi connectivity index (χ1v) is 27.5. The van der Waals surface area contributed by atoms with Crippen LogP contribution >= 0.6 is 0 Å². The fraction of sp³-hybridized carbons (Fsp3) is 0.562. The molecular formula is C64H100O5. The smallest absolute Gasteiger partial charge is 0.306 e. The van der Waals surface area contributed by atoms with Crippen LogP contribution in [0.1, 0.15) is 213 Å². The Labute approximate surface area is 424 Å². The van der Waals surface area contributed by atoms with Gasteiger partial charge in [0.1, 0.15) is 6.61 Å². The lowest BCUT2D eigenvalue weighted by atomic mass is 10.1. The molecule has 0 bridgehead atoms. The van der Waals surface area contributed by atoms with Crippen molar-refractivity contribution in [2.24, 2.45) is 0 Å². The summed E-state index contributed by atoms with van der Waals surface area (Å²) in [6, 6.07) is 0. The first kappa shape index (κ1) is 64.5. The maximum Gasteiger partial charge on any atom is 0.306 e. The Kier molecular flexibility index (Phi) is 54.1. The Hall–Kier alpha value is -4.48. The van der Waals surface area contributed by atoms with Gasteiger partial charge in [0.25, 0.3) is 0 Å². The zero-order chi connectivity index (χ0) is 49.9. The van der Waals surface area contributed by atoms with Gasteiger partial charge in [0.2, 0.25) is 0 Å².